The van der Waals surface area contributed by atoms with Crippen LogP contribution < -0.4 is 0 Å². The highest BCUT2D eigenvalue weighted by Gasteiger charge is 2.31. The van der Waals surface area contributed by atoms with E-state index in [1.807, 2.05) is 24.3 Å². The van der Waals surface area contributed by atoms with Gasteiger partial charge in [-0.3, -0.25) is 4.79 Å². The van der Waals surface area contributed by atoms with E-state index in [0.29, 0.717) is 0 Å². The van der Waals surface area contributed by atoms with Crippen LogP contribution in [-0.4, -0.2) is 16.2 Å². The Labute approximate surface area is 112 Å². The van der Waals surface area contributed by atoms with Crippen molar-refractivity contribution in [2.75, 3.05) is 0 Å². The molecule has 0 radical (unpaired) electrons. The highest BCUT2D eigenvalue weighted by Crippen LogP contribution is 2.33. The van der Waals surface area contributed by atoms with Gasteiger partial charge in [0, 0.05) is 0 Å². The maximum Gasteiger partial charge on any atom is 0.313 e. The second-order valence-corrected chi connectivity index (χ2v) is 5.02. The summed E-state index contributed by atoms with van der Waals surface area (Å²) < 4.78 is 0. The Kier molecular flexibility index (Phi) is 3.30. The number of benzene rings is 2. The summed E-state index contributed by atoms with van der Waals surface area (Å²) in [7, 11) is 0. The van der Waals surface area contributed by atoms with Crippen LogP contribution in [0, 0.1) is 0 Å². The zero-order chi connectivity index (χ0) is 14.0. The Bertz CT molecular complexity index is 598. The molecule has 19 heavy (non-hydrogen) atoms. The third-order valence-electron chi connectivity index (χ3n) is 3.31. The maximum absolute atomic E-state index is 11.4. The molecule has 3 heteroatoms. The van der Waals surface area contributed by atoms with E-state index in [4.69, 9.17) is 0 Å². The second-order valence-electron chi connectivity index (χ2n) is 5.02. The number of aliphatic carboxylic acids is 1. The van der Waals surface area contributed by atoms with Gasteiger partial charge >= 0.3 is 5.97 Å². The number of phenolic OH excluding ortho intramolecular Hbond substituents is 1. The van der Waals surface area contributed by atoms with E-state index in [1.165, 1.54) is 0 Å². The molecule has 0 spiro atoms. The molecule has 0 saturated carbocycles. The van der Waals surface area contributed by atoms with Gasteiger partial charge in [-0.2, -0.15) is 0 Å². The van der Waals surface area contributed by atoms with Gasteiger partial charge in [0.2, 0.25) is 0 Å². The largest absolute Gasteiger partial charge is 0.508 e. The molecule has 0 amide bonds. The lowest BCUT2D eigenvalue weighted by Gasteiger charge is -2.23. The predicted molar refractivity (Wildman–Crippen MR) is 74.2 cm³/mol. The van der Waals surface area contributed by atoms with Gasteiger partial charge in [-0.1, -0.05) is 36.4 Å². The molecular formula is C16H16O3. The van der Waals surface area contributed by atoms with Crippen molar-refractivity contribution in [1.29, 1.82) is 0 Å². The minimum atomic E-state index is -0.964. The van der Waals surface area contributed by atoms with Gasteiger partial charge in [-0.05, 0) is 42.7 Å². The molecule has 2 N–H and O–H groups in total. The highest BCUT2D eigenvalue weighted by molar-refractivity contribution is 5.84. The summed E-state index contributed by atoms with van der Waals surface area (Å²) in [5, 5.41) is 18.7. The molecular weight excluding hydrogens is 240 g/mol. The molecule has 3 nitrogen and oxygen atoms in total. The monoisotopic (exact) mass is 256 g/mol. The molecule has 0 bridgehead atoms. The van der Waals surface area contributed by atoms with E-state index >= 15 is 0 Å². The molecule has 0 aliphatic heterocycles. The average Bonchev–Trinajstić information content (AvgIpc) is 2.39. The van der Waals surface area contributed by atoms with Crippen molar-refractivity contribution in [2.45, 2.75) is 19.3 Å². The van der Waals surface area contributed by atoms with Crippen LogP contribution in [0.5, 0.6) is 5.75 Å². The molecule has 0 saturated heterocycles. The van der Waals surface area contributed by atoms with Crippen LogP contribution in [0.25, 0.3) is 11.1 Å². The lowest BCUT2D eigenvalue weighted by molar-refractivity contribution is -0.142. The summed E-state index contributed by atoms with van der Waals surface area (Å²) in [6, 6.07) is 14.2. The highest BCUT2D eigenvalue weighted by atomic mass is 16.4. The normalized spacial score (nSPS) is 11.3. The van der Waals surface area contributed by atoms with Gasteiger partial charge in [0.1, 0.15) is 5.75 Å². The summed E-state index contributed by atoms with van der Waals surface area (Å²) in [5.41, 5.74) is 1.56. The fourth-order valence-corrected chi connectivity index (χ4v) is 2.04. The molecule has 0 aliphatic carbocycles. The van der Waals surface area contributed by atoms with E-state index in [-0.39, 0.29) is 5.75 Å². The first-order valence-corrected chi connectivity index (χ1v) is 6.05. The lowest BCUT2D eigenvalue weighted by atomic mass is 9.80. The molecule has 2 aromatic rings. The van der Waals surface area contributed by atoms with Crippen LogP contribution in [0.4, 0.5) is 0 Å². The zero-order valence-corrected chi connectivity index (χ0v) is 10.9. The molecule has 0 heterocycles. The first-order chi connectivity index (χ1) is 8.93. The lowest BCUT2D eigenvalue weighted by Crippen LogP contribution is -2.29. The van der Waals surface area contributed by atoms with E-state index in [1.54, 1.807) is 38.1 Å². The Morgan fingerprint density at radius 1 is 1.00 bits per heavy atom. The molecule has 2 aromatic carbocycles. The van der Waals surface area contributed by atoms with Crippen molar-refractivity contribution in [3.8, 4) is 16.9 Å². The quantitative estimate of drug-likeness (QED) is 0.884. The molecule has 0 aliphatic rings. The fourth-order valence-electron chi connectivity index (χ4n) is 2.04. The number of aromatic hydroxyl groups is 1. The van der Waals surface area contributed by atoms with Crippen LogP contribution in [0.2, 0.25) is 0 Å². The third kappa shape index (κ3) is 2.45. The van der Waals surface area contributed by atoms with E-state index in [2.05, 4.69) is 0 Å². The standard InChI is InChI=1S/C16H16O3/c1-16(2,15(18)19)14-6-4-3-5-13(14)11-7-9-12(17)10-8-11/h3-10,17H,1-2H3,(H,18,19). The van der Waals surface area contributed by atoms with Gasteiger partial charge in [-0.15, -0.1) is 0 Å². The minimum Gasteiger partial charge on any atom is -0.508 e. The molecule has 98 valence electrons. The van der Waals surface area contributed by atoms with Crippen molar-refractivity contribution in [3.63, 3.8) is 0 Å². The average molecular weight is 256 g/mol. The van der Waals surface area contributed by atoms with Crippen LogP contribution in [0.3, 0.4) is 0 Å². The molecule has 0 unspecified atom stereocenters. The molecule has 0 aromatic heterocycles. The summed E-state index contributed by atoms with van der Waals surface area (Å²) in [6.07, 6.45) is 0. The van der Waals surface area contributed by atoms with Gasteiger partial charge in [0.25, 0.3) is 0 Å². The van der Waals surface area contributed by atoms with E-state index < -0.39 is 11.4 Å². The van der Waals surface area contributed by atoms with Crippen LogP contribution >= 0.6 is 0 Å². The Hall–Kier alpha value is -2.29. The SMILES string of the molecule is CC(C)(C(=O)O)c1ccccc1-c1ccc(O)cc1. The van der Waals surface area contributed by atoms with Gasteiger partial charge in [-0.25, -0.2) is 0 Å². The first kappa shape index (κ1) is 13.1. The second kappa shape index (κ2) is 4.76. The summed E-state index contributed by atoms with van der Waals surface area (Å²) in [6.45, 7) is 3.38. The molecule has 0 atom stereocenters. The number of hydrogen-bond acceptors (Lipinski definition) is 2. The smallest absolute Gasteiger partial charge is 0.313 e. The maximum atomic E-state index is 11.4. The van der Waals surface area contributed by atoms with Crippen molar-refractivity contribution in [3.05, 3.63) is 54.1 Å². The van der Waals surface area contributed by atoms with Crippen LogP contribution in [0.15, 0.2) is 48.5 Å². The van der Waals surface area contributed by atoms with Crippen LogP contribution in [0.1, 0.15) is 19.4 Å². The third-order valence-corrected chi connectivity index (χ3v) is 3.31. The summed E-state index contributed by atoms with van der Waals surface area (Å²) >= 11 is 0. The minimum absolute atomic E-state index is 0.193. The first-order valence-electron chi connectivity index (χ1n) is 6.05. The van der Waals surface area contributed by atoms with Crippen molar-refractivity contribution < 1.29 is 15.0 Å². The molecule has 0 fully saturated rings. The number of rotatable bonds is 3. The van der Waals surface area contributed by atoms with Crippen molar-refractivity contribution in [2.24, 2.45) is 0 Å². The Morgan fingerprint density at radius 2 is 1.58 bits per heavy atom. The number of carbonyl (C=O) groups is 1. The van der Waals surface area contributed by atoms with Gasteiger partial charge in [0.15, 0.2) is 0 Å². The number of carboxylic acids is 1. The number of carboxylic acid groups (broad SMARTS) is 1. The van der Waals surface area contributed by atoms with E-state index in [9.17, 15) is 15.0 Å². The fraction of sp³-hybridized carbons (Fsp3) is 0.188. The van der Waals surface area contributed by atoms with Crippen LogP contribution in [-0.2, 0) is 10.2 Å². The van der Waals surface area contributed by atoms with Gasteiger partial charge < -0.3 is 10.2 Å². The Balaban J connectivity index is 2.59. The summed E-state index contributed by atoms with van der Waals surface area (Å²) in [4.78, 5) is 11.4. The van der Waals surface area contributed by atoms with Crippen molar-refractivity contribution in [1.82, 2.24) is 0 Å². The van der Waals surface area contributed by atoms with E-state index in [0.717, 1.165) is 16.7 Å². The van der Waals surface area contributed by atoms with Gasteiger partial charge in [0.05, 0.1) is 5.41 Å². The topological polar surface area (TPSA) is 57.5 Å². The Morgan fingerprint density at radius 3 is 2.16 bits per heavy atom. The number of hydrogen-bond donors (Lipinski definition) is 2. The zero-order valence-electron chi connectivity index (χ0n) is 10.9. The predicted octanol–water partition coefficient (Wildman–Crippen LogP) is 3.42. The summed E-state index contributed by atoms with van der Waals surface area (Å²) in [5.74, 6) is -0.669. The van der Waals surface area contributed by atoms with Crippen molar-refractivity contribution >= 4 is 5.97 Å². The number of phenols is 1. The molecule has 2 rings (SSSR count).